The van der Waals surface area contributed by atoms with Crippen molar-refractivity contribution in [1.29, 1.82) is 0 Å². The van der Waals surface area contributed by atoms with Crippen LogP contribution in [0.3, 0.4) is 0 Å². The van der Waals surface area contributed by atoms with Crippen molar-refractivity contribution >= 4 is 17.2 Å². The molecule has 0 saturated carbocycles. The molecule has 3 aromatic rings. The Kier molecular flexibility index (Phi) is 4.83. The Labute approximate surface area is 140 Å². The van der Waals surface area contributed by atoms with Crippen LogP contribution in [-0.2, 0) is 6.42 Å². The Bertz CT molecular complexity index is 782. The molecule has 0 saturated heterocycles. The van der Waals surface area contributed by atoms with Crippen LogP contribution >= 0.6 is 11.3 Å². The third kappa shape index (κ3) is 3.85. The van der Waals surface area contributed by atoms with E-state index in [1.807, 2.05) is 55.5 Å². The van der Waals surface area contributed by atoms with Crippen LogP contribution in [0.15, 0.2) is 60.7 Å². The van der Waals surface area contributed by atoms with Crippen molar-refractivity contribution in [2.75, 3.05) is 6.54 Å². The molecular weight excluding hydrogens is 304 g/mol. The molecule has 0 aliphatic carbocycles. The van der Waals surface area contributed by atoms with E-state index in [0.717, 1.165) is 22.7 Å². The standard InChI is InChI=1S/C19H18N2OS/c1-14-21-17(16-10-6-3-7-11-16)18(23-14)19(22)20-13-12-15-8-4-2-5-9-15/h2-11H,12-13H2,1H3,(H,20,22). The molecule has 23 heavy (non-hydrogen) atoms. The Morgan fingerprint density at radius 1 is 1.04 bits per heavy atom. The van der Waals surface area contributed by atoms with E-state index >= 15 is 0 Å². The van der Waals surface area contributed by atoms with E-state index < -0.39 is 0 Å². The minimum Gasteiger partial charge on any atom is -0.351 e. The number of amides is 1. The van der Waals surface area contributed by atoms with Gasteiger partial charge in [0.1, 0.15) is 4.88 Å². The smallest absolute Gasteiger partial charge is 0.263 e. The van der Waals surface area contributed by atoms with Gasteiger partial charge < -0.3 is 5.32 Å². The van der Waals surface area contributed by atoms with E-state index in [1.165, 1.54) is 16.9 Å². The fourth-order valence-corrected chi connectivity index (χ4v) is 3.28. The number of aromatic nitrogens is 1. The van der Waals surface area contributed by atoms with E-state index in [0.29, 0.717) is 11.4 Å². The Balaban J connectivity index is 1.70. The minimum atomic E-state index is -0.0506. The van der Waals surface area contributed by atoms with Crippen molar-refractivity contribution in [3.05, 3.63) is 76.1 Å². The van der Waals surface area contributed by atoms with Gasteiger partial charge in [0, 0.05) is 12.1 Å². The quantitative estimate of drug-likeness (QED) is 0.768. The molecule has 1 heterocycles. The first kappa shape index (κ1) is 15.4. The first-order valence-corrected chi connectivity index (χ1v) is 8.40. The van der Waals surface area contributed by atoms with E-state index in [-0.39, 0.29) is 5.91 Å². The highest BCUT2D eigenvalue weighted by molar-refractivity contribution is 7.14. The van der Waals surface area contributed by atoms with Crippen LogP contribution in [0.1, 0.15) is 20.2 Å². The lowest BCUT2D eigenvalue weighted by molar-refractivity contribution is 0.0958. The highest BCUT2D eigenvalue weighted by Gasteiger charge is 2.17. The minimum absolute atomic E-state index is 0.0506. The summed E-state index contributed by atoms with van der Waals surface area (Å²) in [7, 11) is 0. The average Bonchev–Trinajstić information content (AvgIpc) is 2.98. The van der Waals surface area contributed by atoms with E-state index in [4.69, 9.17) is 0 Å². The van der Waals surface area contributed by atoms with Crippen molar-refractivity contribution in [3.8, 4) is 11.3 Å². The van der Waals surface area contributed by atoms with Crippen LogP contribution in [0.5, 0.6) is 0 Å². The van der Waals surface area contributed by atoms with Gasteiger partial charge in [-0.3, -0.25) is 4.79 Å². The highest BCUT2D eigenvalue weighted by atomic mass is 32.1. The van der Waals surface area contributed by atoms with Gasteiger partial charge in [-0.2, -0.15) is 0 Å². The molecule has 0 bridgehead atoms. The number of hydrogen-bond acceptors (Lipinski definition) is 3. The van der Waals surface area contributed by atoms with Crippen LogP contribution in [-0.4, -0.2) is 17.4 Å². The lowest BCUT2D eigenvalue weighted by atomic mass is 10.1. The number of thiazole rings is 1. The molecule has 0 aliphatic rings. The molecule has 1 amide bonds. The first-order valence-electron chi connectivity index (χ1n) is 7.59. The number of nitrogens with one attached hydrogen (secondary N) is 1. The Morgan fingerprint density at radius 3 is 2.39 bits per heavy atom. The topological polar surface area (TPSA) is 42.0 Å². The van der Waals surface area contributed by atoms with Crippen molar-refractivity contribution in [2.24, 2.45) is 0 Å². The molecule has 0 fully saturated rings. The van der Waals surface area contributed by atoms with E-state index in [2.05, 4.69) is 22.4 Å². The van der Waals surface area contributed by atoms with Gasteiger partial charge in [-0.1, -0.05) is 60.7 Å². The number of carbonyl (C=O) groups excluding carboxylic acids is 1. The summed E-state index contributed by atoms with van der Waals surface area (Å²) >= 11 is 1.44. The fraction of sp³-hybridized carbons (Fsp3) is 0.158. The predicted molar refractivity (Wildman–Crippen MR) is 94.8 cm³/mol. The van der Waals surface area contributed by atoms with Crippen molar-refractivity contribution < 1.29 is 4.79 Å². The summed E-state index contributed by atoms with van der Waals surface area (Å²) in [6.45, 7) is 2.55. The summed E-state index contributed by atoms with van der Waals surface area (Å²) < 4.78 is 0. The van der Waals surface area contributed by atoms with Crippen LogP contribution < -0.4 is 5.32 Å². The summed E-state index contributed by atoms with van der Waals surface area (Å²) in [5, 5.41) is 3.90. The second-order valence-corrected chi connectivity index (χ2v) is 6.47. The van der Waals surface area contributed by atoms with Crippen LogP contribution in [0.2, 0.25) is 0 Å². The van der Waals surface area contributed by atoms with Gasteiger partial charge in [-0.05, 0) is 18.9 Å². The summed E-state index contributed by atoms with van der Waals surface area (Å²) in [5.41, 5.74) is 2.96. The zero-order valence-corrected chi connectivity index (χ0v) is 13.8. The number of benzene rings is 2. The molecular formula is C19H18N2OS. The van der Waals surface area contributed by atoms with E-state index in [9.17, 15) is 4.79 Å². The molecule has 0 spiro atoms. The van der Waals surface area contributed by atoms with Crippen molar-refractivity contribution in [1.82, 2.24) is 10.3 Å². The second kappa shape index (κ2) is 7.20. The maximum Gasteiger partial charge on any atom is 0.263 e. The van der Waals surface area contributed by atoms with Gasteiger partial charge >= 0.3 is 0 Å². The van der Waals surface area contributed by atoms with Gasteiger partial charge in [0.15, 0.2) is 0 Å². The highest BCUT2D eigenvalue weighted by Crippen LogP contribution is 2.27. The summed E-state index contributed by atoms with van der Waals surface area (Å²) in [6.07, 6.45) is 0.824. The maximum absolute atomic E-state index is 12.5. The number of rotatable bonds is 5. The molecule has 0 radical (unpaired) electrons. The molecule has 4 heteroatoms. The lowest BCUT2D eigenvalue weighted by Gasteiger charge is -2.05. The van der Waals surface area contributed by atoms with Gasteiger partial charge in [-0.15, -0.1) is 11.3 Å². The second-order valence-electron chi connectivity index (χ2n) is 5.27. The van der Waals surface area contributed by atoms with Crippen LogP contribution in [0.4, 0.5) is 0 Å². The fourth-order valence-electron chi connectivity index (χ4n) is 2.42. The molecule has 1 N–H and O–H groups in total. The number of hydrogen-bond donors (Lipinski definition) is 1. The first-order chi connectivity index (χ1) is 11.2. The van der Waals surface area contributed by atoms with Gasteiger partial charge in [0.2, 0.25) is 0 Å². The Hall–Kier alpha value is -2.46. The van der Waals surface area contributed by atoms with Crippen LogP contribution in [0, 0.1) is 6.92 Å². The number of aryl methyl sites for hydroxylation is 1. The molecule has 116 valence electrons. The molecule has 1 aromatic heterocycles. The van der Waals surface area contributed by atoms with Crippen LogP contribution in [0.25, 0.3) is 11.3 Å². The zero-order valence-electron chi connectivity index (χ0n) is 13.0. The van der Waals surface area contributed by atoms with Gasteiger partial charge in [0.25, 0.3) is 5.91 Å². The molecule has 0 aliphatic heterocycles. The van der Waals surface area contributed by atoms with Gasteiger partial charge in [0.05, 0.1) is 10.7 Å². The molecule has 0 atom stereocenters. The molecule has 3 nitrogen and oxygen atoms in total. The van der Waals surface area contributed by atoms with E-state index in [1.54, 1.807) is 0 Å². The predicted octanol–water partition coefficient (Wildman–Crippen LogP) is 4.09. The summed E-state index contributed by atoms with van der Waals surface area (Å²) in [6, 6.07) is 20.0. The molecule has 0 unspecified atom stereocenters. The monoisotopic (exact) mass is 322 g/mol. The van der Waals surface area contributed by atoms with Gasteiger partial charge in [-0.25, -0.2) is 4.98 Å². The third-order valence-electron chi connectivity index (χ3n) is 3.53. The molecule has 2 aromatic carbocycles. The Morgan fingerprint density at radius 2 is 1.70 bits per heavy atom. The molecule has 3 rings (SSSR count). The summed E-state index contributed by atoms with van der Waals surface area (Å²) in [5.74, 6) is -0.0506. The van der Waals surface area contributed by atoms with Crippen molar-refractivity contribution in [3.63, 3.8) is 0 Å². The normalized spacial score (nSPS) is 10.5. The average molecular weight is 322 g/mol. The zero-order chi connectivity index (χ0) is 16.1. The number of carbonyl (C=O) groups is 1. The number of nitrogens with zero attached hydrogens (tertiary/aromatic N) is 1. The SMILES string of the molecule is Cc1nc(-c2ccccc2)c(C(=O)NCCc2ccccc2)s1. The van der Waals surface area contributed by atoms with Crippen molar-refractivity contribution in [2.45, 2.75) is 13.3 Å². The lowest BCUT2D eigenvalue weighted by Crippen LogP contribution is -2.25. The third-order valence-corrected chi connectivity index (χ3v) is 4.50. The largest absolute Gasteiger partial charge is 0.351 e. The maximum atomic E-state index is 12.5. The summed E-state index contributed by atoms with van der Waals surface area (Å²) in [4.78, 5) is 17.7.